The van der Waals surface area contributed by atoms with Crippen LogP contribution in [0.15, 0.2) is 0 Å². The van der Waals surface area contributed by atoms with Crippen LogP contribution in [0.2, 0.25) is 0 Å². The lowest BCUT2D eigenvalue weighted by molar-refractivity contribution is -0.136. The Morgan fingerprint density at radius 3 is 2.50 bits per heavy atom. The molecule has 4 nitrogen and oxygen atoms in total. The van der Waals surface area contributed by atoms with Gasteiger partial charge in [0.15, 0.2) is 0 Å². The SMILES string of the molecule is CC(C)CCC(=O)NCCSCCC(=O)O. The number of amides is 1. The molecule has 0 unspecified atom stereocenters. The van der Waals surface area contributed by atoms with Gasteiger partial charge in [-0.3, -0.25) is 9.59 Å². The van der Waals surface area contributed by atoms with Crippen molar-refractivity contribution in [2.24, 2.45) is 5.92 Å². The fourth-order valence-corrected chi connectivity index (χ4v) is 1.80. The molecular weight excluding hydrogens is 226 g/mol. The Bertz CT molecular complexity index is 219. The summed E-state index contributed by atoms with van der Waals surface area (Å²) in [6, 6.07) is 0. The minimum absolute atomic E-state index is 0.0903. The molecule has 0 aromatic rings. The average Bonchev–Trinajstić information content (AvgIpc) is 2.19. The second-order valence-electron chi connectivity index (χ2n) is 4.04. The van der Waals surface area contributed by atoms with Gasteiger partial charge in [0.05, 0.1) is 6.42 Å². The van der Waals surface area contributed by atoms with Crippen molar-refractivity contribution in [3.8, 4) is 0 Å². The number of carboxylic acids is 1. The van der Waals surface area contributed by atoms with Gasteiger partial charge in [-0.05, 0) is 12.3 Å². The molecule has 0 aliphatic heterocycles. The first-order valence-electron chi connectivity index (χ1n) is 5.58. The highest BCUT2D eigenvalue weighted by molar-refractivity contribution is 7.99. The maximum Gasteiger partial charge on any atom is 0.304 e. The molecule has 0 fully saturated rings. The Kier molecular flexibility index (Phi) is 9.09. The van der Waals surface area contributed by atoms with Crippen LogP contribution in [0.1, 0.15) is 33.1 Å². The molecule has 0 atom stereocenters. The maximum atomic E-state index is 11.3. The molecule has 5 heteroatoms. The van der Waals surface area contributed by atoms with Gasteiger partial charge in [0.2, 0.25) is 5.91 Å². The summed E-state index contributed by atoms with van der Waals surface area (Å²) in [6.07, 6.45) is 1.68. The molecular formula is C11H21NO3S. The number of hydrogen-bond acceptors (Lipinski definition) is 3. The predicted octanol–water partition coefficient (Wildman–Crippen LogP) is 1.75. The van der Waals surface area contributed by atoms with E-state index in [9.17, 15) is 9.59 Å². The van der Waals surface area contributed by atoms with E-state index < -0.39 is 5.97 Å². The Labute approximate surface area is 101 Å². The summed E-state index contributed by atoms with van der Waals surface area (Å²) >= 11 is 1.55. The van der Waals surface area contributed by atoms with Crippen molar-refractivity contribution < 1.29 is 14.7 Å². The second kappa shape index (κ2) is 9.51. The molecule has 1 amide bonds. The van der Waals surface area contributed by atoms with E-state index >= 15 is 0 Å². The van der Waals surface area contributed by atoms with Crippen LogP contribution in [0.3, 0.4) is 0 Å². The zero-order chi connectivity index (χ0) is 12.4. The van der Waals surface area contributed by atoms with Gasteiger partial charge in [-0.1, -0.05) is 13.8 Å². The smallest absolute Gasteiger partial charge is 0.304 e. The van der Waals surface area contributed by atoms with Crippen molar-refractivity contribution in [1.29, 1.82) is 0 Å². The minimum Gasteiger partial charge on any atom is -0.481 e. The van der Waals surface area contributed by atoms with Crippen molar-refractivity contribution in [3.05, 3.63) is 0 Å². The van der Waals surface area contributed by atoms with Crippen molar-refractivity contribution in [1.82, 2.24) is 5.32 Å². The lowest BCUT2D eigenvalue weighted by Gasteiger charge is -2.06. The molecule has 0 saturated carbocycles. The van der Waals surface area contributed by atoms with E-state index in [4.69, 9.17) is 5.11 Å². The molecule has 94 valence electrons. The van der Waals surface area contributed by atoms with Gasteiger partial charge in [0.25, 0.3) is 0 Å². The van der Waals surface area contributed by atoms with Crippen molar-refractivity contribution in [2.75, 3.05) is 18.1 Å². The molecule has 2 N–H and O–H groups in total. The lowest BCUT2D eigenvalue weighted by Crippen LogP contribution is -2.25. The first-order chi connectivity index (χ1) is 7.52. The Morgan fingerprint density at radius 1 is 1.25 bits per heavy atom. The summed E-state index contributed by atoms with van der Waals surface area (Å²) in [7, 11) is 0. The van der Waals surface area contributed by atoms with Crippen molar-refractivity contribution in [3.63, 3.8) is 0 Å². The number of carbonyl (C=O) groups excluding carboxylic acids is 1. The third kappa shape index (κ3) is 11.4. The van der Waals surface area contributed by atoms with E-state index in [0.717, 1.165) is 12.2 Å². The molecule has 0 spiro atoms. The van der Waals surface area contributed by atoms with Crippen LogP contribution in [0.4, 0.5) is 0 Å². The summed E-state index contributed by atoms with van der Waals surface area (Å²) in [5, 5.41) is 11.2. The van der Waals surface area contributed by atoms with Crippen LogP contribution >= 0.6 is 11.8 Å². The summed E-state index contributed by atoms with van der Waals surface area (Å²) in [4.78, 5) is 21.5. The van der Waals surface area contributed by atoms with Crippen molar-refractivity contribution in [2.45, 2.75) is 33.1 Å². The van der Waals surface area contributed by atoms with Crippen LogP contribution in [0, 0.1) is 5.92 Å². The zero-order valence-electron chi connectivity index (χ0n) is 9.99. The average molecular weight is 247 g/mol. The number of carboxylic acid groups (broad SMARTS) is 1. The summed E-state index contributed by atoms with van der Waals surface area (Å²) in [5.74, 6) is 1.26. The molecule has 0 aromatic carbocycles. The fraction of sp³-hybridized carbons (Fsp3) is 0.818. The van der Waals surface area contributed by atoms with Gasteiger partial charge in [0.1, 0.15) is 0 Å². The Balaban J connectivity index is 3.24. The number of carbonyl (C=O) groups is 2. The molecule has 0 aliphatic carbocycles. The molecule has 0 rings (SSSR count). The fourth-order valence-electron chi connectivity index (χ4n) is 1.03. The Morgan fingerprint density at radius 2 is 1.94 bits per heavy atom. The topological polar surface area (TPSA) is 66.4 Å². The Hall–Kier alpha value is -0.710. The lowest BCUT2D eigenvalue weighted by atomic mass is 10.1. The number of hydrogen-bond donors (Lipinski definition) is 2. The molecule has 0 bridgehead atoms. The molecule has 0 heterocycles. The number of nitrogens with one attached hydrogen (secondary N) is 1. The molecule has 0 aliphatic rings. The normalized spacial score (nSPS) is 10.4. The van der Waals surface area contributed by atoms with Gasteiger partial charge in [-0.15, -0.1) is 0 Å². The zero-order valence-corrected chi connectivity index (χ0v) is 10.8. The first kappa shape index (κ1) is 15.3. The first-order valence-corrected chi connectivity index (χ1v) is 6.74. The monoisotopic (exact) mass is 247 g/mol. The van der Waals surface area contributed by atoms with Crippen LogP contribution in [0.5, 0.6) is 0 Å². The second-order valence-corrected chi connectivity index (χ2v) is 5.26. The van der Waals surface area contributed by atoms with Crippen LogP contribution in [-0.4, -0.2) is 35.0 Å². The summed E-state index contributed by atoms with van der Waals surface area (Å²) < 4.78 is 0. The summed E-state index contributed by atoms with van der Waals surface area (Å²) in [6.45, 7) is 4.81. The highest BCUT2D eigenvalue weighted by Crippen LogP contribution is 2.03. The van der Waals surface area contributed by atoms with Gasteiger partial charge in [0, 0.05) is 24.5 Å². The van der Waals surface area contributed by atoms with E-state index in [2.05, 4.69) is 19.2 Å². The maximum absolute atomic E-state index is 11.3. The van der Waals surface area contributed by atoms with E-state index in [-0.39, 0.29) is 12.3 Å². The van der Waals surface area contributed by atoms with E-state index in [1.165, 1.54) is 0 Å². The minimum atomic E-state index is -0.770. The number of aliphatic carboxylic acids is 1. The van der Waals surface area contributed by atoms with Gasteiger partial charge < -0.3 is 10.4 Å². The molecule has 0 saturated heterocycles. The van der Waals surface area contributed by atoms with Crippen LogP contribution in [-0.2, 0) is 9.59 Å². The van der Waals surface area contributed by atoms with E-state index in [1.54, 1.807) is 11.8 Å². The quantitative estimate of drug-likeness (QED) is 0.609. The highest BCUT2D eigenvalue weighted by Gasteiger charge is 2.02. The predicted molar refractivity (Wildman–Crippen MR) is 66.7 cm³/mol. The highest BCUT2D eigenvalue weighted by atomic mass is 32.2. The van der Waals surface area contributed by atoms with Crippen LogP contribution in [0.25, 0.3) is 0 Å². The van der Waals surface area contributed by atoms with Gasteiger partial charge in [-0.25, -0.2) is 0 Å². The van der Waals surface area contributed by atoms with Gasteiger partial charge >= 0.3 is 5.97 Å². The molecule has 0 radical (unpaired) electrons. The van der Waals surface area contributed by atoms with E-state index in [0.29, 0.717) is 24.6 Å². The summed E-state index contributed by atoms with van der Waals surface area (Å²) in [5.41, 5.74) is 0. The third-order valence-electron chi connectivity index (χ3n) is 1.98. The molecule has 16 heavy (non-hydrogen) atoms. The number of thioether (sulfide) groups is 1. The van der Waals surface area contributed by atoms with E-state index in [1.807, 2.05) is 0 Å². The van der Waals surface area contributed by atoms with Crippen LogP contribution < -0.4 is 5.32 Å². The van der Waals surface area contributed by atoms with Gasteiger partial charge in [-0.2, -0.15) is 11.8 Å². The number of rotatable bonds is 9. The molecule has 0 aromatic heterocycles. The third-order valence-corrected chi connectivity index (χ3v) is 2.96. The standard InChI is InChI=1S/C11H21NO3S/c1-9(2)3-4-10(13)12-6-8-16-7-5-11(14)15/h9H,3-8H2,1-2H3,(H,12,13)(H,14,15). The largest absolute Gasteiger partial charge is 0.481 e. The van der Waals surface area contributed by atoms with Crippen molar-refractivity contribution >= 4 is 23.6 Å².